The number of nitrogens with zero attached hydrogens (tertiary/aromatic N) is 2. The van der Waals surface area contributed by atoms with Crippen LogP contribution in [0.3, 0.4) is 0 Å². The molecule has 2 aromatic carbocycles. The van der Waals surface area contributed by atoms with Crippen molar-refractivity contribution < 1.29 is 14.8 Å². The van der Waals surface area contributed by atoms with Gasteiger partial charge in [-0.3, -0.25) is 10.1 Å². The van der Waals surface area contributed by atoms with Crippen LogP contribution in [0.2, 0.25) is 5.02 Å². The van der Waals surface area contributed by atoms with E-state index < -0.39 is 12.0 Å². The van der Waals surface area contributed by atoms with Crippen molar-refractivity contribution in [1.82, 2.24) is 0 Å². The van der Waals surface area contributed by atoms with Crippen molar-refractivity contribution in [1.29, 1.82) is 0 Å². The van der Waals surface area contributed by atoms with E-state index in [-0.39, 0.29) is 39.0 Å². The molecule has 1 saturated carbocycles. The molecule has 0 amide bonds. The van der Waals surface area contributed by atoms with Crippen molar-refractivity contribution in [2.24, 2.45) is 11.8 Å². The zero-order valence-electron chi connectivity index (χ0n) is 18.0. The first-order valence-corrected chi connectivity index (χ1v) is 13.1. The van der Waals surface area contributed by atoms with Crippen molar-refractivity contribution in [3.05, 3.63) is 74.8 Å². The maximum absolute atomic E-state index is 12.7. The van der Waals surface area contributed by atoms with Crippen LogP contribution in [0.1, 0.15) is 35.8 Å². The lowest BCUT2D eigenvalue weighted by Crippen LogP contribution is -2.55. The van der Waals surface area contributed by atoms with Crippen LogP contribution in [-0.4, -0.2) is 39.2 Å². The highest BCUT2D eigenvalue weighted by molar-refractivity contribution is 8.00. The van der Waals surface area contributed by atoms with Crippen molar-refractivity contribution in [3.63, 3.8) is 0 Å². The lowest BCUT2D eigenvalue weighted by molar-refractivity contribution is -0.387. The summed E-state index contributed by atoms with van der Waals surface area (Å²) in [6.45, 7) is 0.689. The number of allylic oxidation sites excluding steroid dienone is 2. The molecule has 2 aliphatic carbocycles. The van der Waals surface area contributed by atoms with E-state index in [4.69, 9.17) is 23.2 Å². The number of nitro benzene ring substituents is 1. The lowest BCUT2D eigenvalue weighted by Gasteiger charge is -2.49. The Hall–Kier alpha value is -2.22. The smallest absolute Gasteiger partial charge is 0.326 e. The molecule has 0 unspecified atom stereocenters. The number of carbonyl (C=O) groups is 1. The van der Waals surface area contributed by atoms with Crippen molar-refractivity contribution in [2.45, 2.75) is 46.2 Å². The number of halogens is 2. The fraction of sp³-hybridized carbons (Fsp3) is 0.400. The monoisotopic (exact) mass is 516 g/mol. The van der Waals surface area contributed by atoms with E-state index in [9.17, 15) is 20.0 Å². The Morgan fingerprint density at radius 1 is 1.24 bits per heavy atom. The van der Waals surface area contributed by atoms with E-state index in [0.29, 0.717) is 28.8 Å². The molecule has 0 spiro atoms. The highest BCUT2D eigenvalue weighted by atomic mass is 35.5. The van der Waals surface area contributed by atoms with Crippen LogP contribution >= 0.6 is 35.0 Å². The summed E-state index contributed by atoms with van der Waals surface area (Å²) in [4.78, 5) is 26.5. The van der Waals surface area contributed by atoms with Gasteiger partial charge in [0, 0.05) is 40.4 Å². The lowest BCUT2D eigenvalue weighted by atomic mass is 9.72. The molecule has 4 aliphatic rings. The zero-order valence-corrected chi connectivity index (χ0v) is 20.3. The first-order chi connectivity index (χ1) is 16.3. The quantitative estimate of drug-likeness (QED) is 0.230. The molecule has 0 bridgehead atoms. The van der Waals surface area contributed by atoms with Gasteiger partial charge in [0.25, 0.3) is 5.69 Å². The predicted octanol–water partition coefficient (Wildman–Crippen LogP) is 6.07. The number of hydrogen-bond donors (Lipinski definition) is 1. The van der Waals surface area contributed by atoms with Gasteiger partial charge in [0.2, 0.25) is 0 Å². The Balaban J connectivity index is 1.45. The molecule has 0 saturated heterocycles. The average Bonchev–Trinajstić information content (AvgIpc) is 3.38. The number of thioether (sulfide) groups is 1. The molecule has 7 atom stereocenters. The third-order valence-electron chi connectivity index (χ3n) is 7.86. The van der Waals surface area contributed by atoms with E-state index in [1.54, 1.807) is 18.2 Å². The number of nitro groups is 1. The van der Waals surface area contributed by atoms with Gasteiger partial charge in [-0.2, -0.15) is 0 Å². The molecular weight excluding hydrogens is 495 g/mol. The Bertz CT molecular complexity index is 1240. The van der Waals surface area contributed by atoms with Crippen molar-refractivity contribution >= 4 is 52.3 Å². The minimum Gasteiger partial charge on any atom is -0.480 e. The average molecular weight is 517 g/mol. The minimum absolute atomic E-state index is 0.0471. The molecule has 2 aliphatic heterocycles. The summed E-state index contributed by atoms with van der Waals surface area (Å²) in [5, 5.41) is 22.0. The van der Waals surface area contributed by atoms with Crippen LogP contribution in [0.5, 0.6) is 0 Å². The van der Waals surface area contributed by atoms with E-state index in [2.05, 4.69) is 17.1 Å². The number of carboxylic acid groups (broad SMARTS) is 1. The molecule has 34 heavy (non-hydrogen) atoms. The molecule has 176 valence electrons. The fourth-order valence-electron chi connectivity index (χ4n) is 6.60. The van der Waals surface area contributed by atoms with Gasteiger partial charge in [0.15, 0.2) is 0 Å². The number of carboxylic acids is 1. The Labute approximate surface area is 211 Å². The number of rotatable bonds is 4. The third-order valence-corrected chi connectivity index (χ3v) is 10.2. The molecule has 2 aromatic rings. The molecule has 0 aromatic heterocycles. The maximum Gasteiger partial charge on any atom is 0.326 e. The van der Waals surface area contributed by atoms with Gasteiger partial charge >= 0.3 is 5.97 Å². The largest absolute Gasteiger partial charge is 0.480 e. The standard InChI is InChI=1S/C25H22Cl2N2O4S/c26-13-8-15-14-5-3-4-12(14)11-28-23(15)16(9-13)21-17(24(28)25(30)31)10-20(22(21)27)34-19-7-2-1-6-18(19)29(32)33/h1-3,5-9,12,14,17,20-22,24H,4,10-11H2,(H,30,31)/t12-,14+,17-,20-,21+,22-,24+/m1/s1. The molecular formula is C25H22Cl2N2O4S. The summed E-state index contributed by atoms with van der Waals surface area (Å²) < 4.78 is 0. The summed E-state index contributed by atoms with van der Waals surface area (Å²) in [6.07, 6.45) is 5.89. The number of fused-ring (bicyclic) bond motifs is 4. The fourth-order valence-corrected chi connectivity index (χ4v) is 8.78. The SMILES string of the molecule is O=C(O)[C@@H]1[C@@H]2C[C@@H](Sc3ccccc3[N+](=O)[O-])[C@@H](Cl)[C@H]2c2cc(Cl)cc3c2N1C[C@H]1CC=C[C@H]31. The maximum atomic E-state index is 12.7. The second-order valence-electron chi connectivity index (χ2n) is 9.57. The Morgan fingerprint density at radius 2 is 2.00 bits per heavy atom. The van der Waals surface area contributed by atoms with E-state index in [1.807, 2.05) is 12.1 Å². The second-order valence-corrected chi connectivity index (χ2v) is 11.8. The number of benzene rings is 2. The van der Waals surface area contributed by atoms with E-state index in [1.165, 1.54) is 17.8 Å². The van der Waals surface area contributed by atoms with Crippen LogP contribution in [0.15, 0.2) is 53.4 Å². The number of anilines is 1. The molecule has 1 fully saturated rings. The zero-order chi connectivity index (χ0) is 23.7. The van der Waals surface area contributed by atoms with Gasteiger partial charge in [0.05, 0.1) is 15.2 Å². The van der Waals surface area contributed by atoms with Crippen LogP contribution in [0.25, 0.3) is 0 Å². The summed E-state index contributed by atoms with van der Waals surface area (Å²) >= 11 is 15.1. The van der Waals surface area contributed by atoms with Crippen LogP contribution < -0.4 is 4.90 Å². The first-order valence-electron chi connectivity index (χ1n) is 11.4. The predicted molar refractivity (Wildman–Crippen MR) is 133 cm³/mol. The summed E-state index contributed by atoms with van der Waals surface area (Å²) in [7, 11) is 0. The van der Waals surface area contributed by atoms with Crippen LogP contribution in [0, 0.1) is 22.0 Å². The number of para-hydroxylation sites is 1. The molecule has 2 heterocycles. The number of hydrogen-bond acceptors (Lipinski definition) is 5. The van der Waals surface area contributed by atoms with Crippen LogP contribution in [0.4, 0.5) is 11.4 Å². The second kappa shape index (κ2) is 8.18. The third kappa shape index (κ3) is 3.28. The van der Waals surface area contributed by atoms with Gasteiger partial charge in [0.1, 0.15) is 6.04 Å². The van der Waals surface area contributed by atoms with Gasteiger partial charge in [-0.15, -0.1) is 23.4 Å². The van der Waals surface area contributed by atoms with E-state index >= 15 is 0 Å². The van der Waals surface area contributed by atoms with Gasteiger partial charge in [-0.05, 0) is 54.0 Å². The normalized spacial score (nSPS) is 32.8. The van der Waals surface area contributed by atoms with Crippen molar-refractivity contribution in [3.8, 4) is 0 Å². The summed E-state index contributed by atoms with van der Waals surface area (Å²) in [5.74, 6) is -0.658. The van der Waals surface area contributed by atoms with Crippen LogP contribution in [-0.2, 0) is 4.79 Å². The highest BCUT2D eigenvalue weighted by Crippen LogP contribution is 2.60. The summed E-state index contributed by atoms with van der Waals surface area (Å²) in [6, 6.07) is 9.90. The first kappa shape index (κ1) is 22.3. The van der Waals surface area contributed by atoms with Crippen molar-refractivity contribution in [2.75, 3.05) is 11.4 Å². The van der Waals surface area contributed by atoms with Gasteiger partial charge < -0.3 is 10.0 Å². The number of alkyl halides is 1. The van der Waals surface area contributed by atoms with Gasteiger partial charge in [-0.25, -0.2) is 4.79 Å². The molecule has 6 nitrogen and oxygen atoms in total. The summed E-state index contributed by atoms with van der Waals surface area (Å²) in [5.41, 5.74) is 3.14. The molecule has 1 N–H and O–H groups in total. The number of aliphatic carboxylic acids is 1. The highest BCUT2D eigenvalue weighted by Gasteiger charge is 2.56. The van der Waals surface area contributed by atoms with E-state index in [0.717, 1.165) is 23.2 Å². The molecule has 9 heteroatoms. The Morgan fingerprint density at radius 3 is 2.76 bits per heavy atom. The minimum atomic E-state index is -0.842. The topological polar surface area (TPSA) is 83.7 Å². The molecule has 6 rings (SSSR count). The molecule has 0 radical (unpaired) electrons. The van der Waals surface area contributed by atoms with Gasteiger partial charge in [-0.1, -0.05) is 35.9 Å². The Kier molecular flexibility index (Phi) is 5.35.